The molecule has 0 amide bonds. The first kappa shape index (κ1) is 21.0. The van der Waals surface area contributed by atoms with Crippen molar-refractivity contribution < 1.29 is 0 Å². The standard InChI is InChI=1S/C24H26N6.H3N/c1-17-9-10-21-19(14-17)8-5-13-30(21)22-11-12-26-23(28-22)24(25)20(16-27-29-24)15-18-6-3-2-4-7-18;/h2-4,6-7,9-12,14,16,27,29H,5,8,13,15,25H2,1H3;1H3. The van der Waals surface area contributed by atoms with Gasteiger partial charge in [0.2, 0.25) is 0 Å². The van der Waals surface area contributed by atoms with Crippen LogP contribution in [0.1, 0.15) is 28.9 Å². The van der Waals surface area contributed by atoms with Gasteiger partial charge in [0.15, 0.2) is 11.5 Å². The number of anilines is 2. The van der Waals surface area contributed by atoms with Crippen molar-refractivity contribution >= 4 is 11.5 Å². The van der Waals surface area contributed by atoms with E-state index >= 15 is 0 Å². The maximum Gasteiger partial charge on any atom is 0.171 e. The molecule has 2 aromatic carbocycles. The molecule has 3 heterocycles. The Balaban J connectivity index is 0.00000231. The van der Waals surface area contributed by atoms with Crippen molar-refractivity contribution in [2.24, 2.45) is 5.73 Å². The van der Waals surface area contributed by atoms with Gasteiger partial charge in [0.05, 0.1) is 0 Å². The topological polar surface area (TPSA) is 114 Å². The SMILES string of the molecule is Cc1ccc2c(c1)CCCN2c1ccnc(C2(N)NNC=C2Cc2ccccc2)n1.N. The van der Waals surface area contributed by atoms with Gasteiger partial charge in [0, 0.05) is 24.6 Å². The fourth-order valence-corrected chi connectivity index (χ4v) is 4.29. The van der Waals surface area contributed by atoms with E-state index in [0.29, 0.717) is 5.82 Å². The van der Waals surface area contributed by atoms with Crippen LogP contribution >= 0.6 is 0 Å². The van der Waals surface area contributed by atoms with Crippen LogP contribution in [0.4, 0.5) is 11.5 Å². The molecule has 0 spiro atoms. The van der Waals surface area contributed by atoms with E-state index in [-0.39, 0.29) is 6.15 Å². The van der Waals surface area contributed by atoms with Crippen molar-refractivity contribution in [2.75, 3.05) is 11.4 Å². The maximum atomic E-state index is 6.80. The van der Waals surface area contributed by atoms with Crippen molar-refractivity contribution in [3.63, 3.8) is 0 Å². The Bertz CT molecular complexity index is 1100. The first-order valence-electron chi connectivity index (χ1n) is 10.4. The molecular weight excluding hydrogens is 386 g/mol. The molecule has 0 radical (unpaired) electrons. The summed E-state index contributed by atoms with van der Waals surface area (Å²) >= 11 is 0. The zero-order chi connectivity index (χ0) is 20.6. The fourth-order valence-electron chi connectivity index (χ4n) is 4.29. The van der Waals surface area contributed by atoms with Crippen LogP contribution in [0.3, 0.4) is 0 Å². The molecule has 1 atom stereocenters. The second kappa shape index (κ2) is 8.47. The molecule has 160 valence electrons. The highest BCUT2D eigenvalue weighted by atomic mass is 15.5. The third-order valence-electron chi connectivity index (χ3n) is 5.88. The molecule has 1 unspecified atom stereocenters. The summed E-state index contributed by atoms with van der Waals surface area (Å²) in [6.07, 6.45) is 6.64. The number of hydrogen-bond donors (Lipinski definition) is 4. The van der Waals surface area contributed by atoms with Gasteiger partial charge in [-0.05, 0) is 55.0 Å². The van der Waals surface area contributed by atoms with Crippen molar-refractivity contribution in [2.45, 2.75) is 31.8 Å². The van der Waals surface area contributed by atoms with E-state index in [1.807, 2.05) is 30.5 Å². The number of nitrogens with one attached hydrogen (secondary N) is 2. The Kier molecular flexibility index (Phi) is 5.73. The number of nitrogens with two attached hydrogens (primary N) is 1. The summed E-state index contributed by atoms with van der Waals surface area (Å²) in [4.78, 5) is 11.7. The summed E-state index contributed by atoms with van der Waals surface area (Å²) in [7, 11) is 0. The number of hydrogen-bond acceptors (Lipinski definition) is 7. The van der Waals surface area contributed by atoms with Crippen molar-refractivity contribution in [1.29, 1.82) is 0 Å². The summed E-state index contributed by atoms with van der Waals surface area (Å²) in [5.74, 6) is 1.44. The van der Waals surface area contributed by atoms with E-state index in [9.17, 15) is 0 Å². The van der Waals surface area contributed by atoms with Crippen molar-refractivity contribution in [3.05, 3.63) is 95.1 Å². The second-order valence-electron chi connectivity index (χ2n) is 8.04. The van der Waals surface area contributed by atoms with Crippen LogP contribution < -0.4 is 27.6 Å². The lowest BCUT2D eigenvalue weighted by Gasteiger charge is -2.32. The van der Waals surface area contributed by atoms with Gasteiger partial charge < -0.3 is 22.2 Å². The van der Waals surface area contributed by atoms with E-state index in [1.54, 1.807) is 6.20 Å². The minimum atomic E-state index is -0.961. The van der Waals surface area contributed by atoms with Gasteiger partial charge >= 0.3 is 0 Å². The lowest BCUT2D eigenvalue weighted by atomic mass is 9.95. The molecule has 1 aromatic heterocycles. The van der Waals surface area contributed by atoms with Crippen LogP contribution in [0.15, 0.2) is 72.6 Å². The Morgan fingerprint density at radius 1 is 1.13 bits per heavy atom. The van der Waals surface area contributed by atoms with Gasteiger partial charge in [-0.2, -0.15) is 0 Å². The van der Waals surface area contributed by atoms with E-state index < -0.39 is 5.66 Å². The highest BCUT2D eigenvalue weighted by molar-refractivity contribution is 5.66. The molecule has 5 rings (SSSR count). The second-order valence-corrected chi connectivity index (χ2v) is 8.04. The molecule has 0 aliphatic carbocycles. The molecule has 7 nitrogen and oxygen atoms in total. The number of aryl methyl sites for hydroxylation is 2. The smallest absolute Gasteiger partial charge is 0.171 e. The third-order valence-corrected chi connectivity index (χ3v) is 5.88. The lowest BCUT2D eigenvalue weighted by Crippen LogP contribution is -2.53. The predicted octanol–water partition coefficient (Wildman–Crippen LogP) is 3.38. The number of aromatic nitrogens is 2. The van der Waals surface area contributed by atoms with Crippen LogP contribution in [0.25, 0.3) is 0 Å². The Morgan fingerprint density at radius 2 is 1.97 bits per heavy atom. The molecular formula is C24H29N7. The van der Waals surface area contributed by atoms with E-state index in [1.165, 1.54) is 22.4 Å². The summed E-state index contributed by atoms with van der Waals surface area (Å²) in [5.41, 5.74) is 18.2. The van der Waals surface area contributed by atoms with Crippen LogP contribution in [0.2, 0.25) is 0 Å². The first-order chi connectivity index (χ1) is 14.6. The van der Waals surface area contributed by atoms with Crippen LogP contribution in [0.5, 0.6) is 0 Å². The van der Waals surface area contributed by atoms with Gasteiger partial charge in [-0.25, -0.2) is 15.4 Å². The van der Waals surface area contributed by atoms with Gasteiger partial charge in [-0.15, -0.1) is 0 Å². The average Bonchev–Trinajstić information content (AvgIpc) is 3.15. The molecule has 2 aliphatic rings. The number of fused-ring (bicyclic) bond motifs is 1. The van der Waals surface area contributed by atoms with Gasteiger partial charge in [0.1, 0.15) is 5.82 Å². The predicted molar refractivity (Wildman–Crippen MR) is 124 cm³/mol. The van der Waals surface area contributed by atoms with E-state index in [2.05, 4.69) is 58.0 Å². The number of rotatable bonds is 4. The Labute approximate surface area is 183 Å². The van der Waals surface area contributed by atoms with Crippen molar-refractivity contribution in [3.8, 4) is 0 Å². The molecule has 0 fully saturated rings. The molecule has 7 N–H and O–H groups in total. The van der Waals surface area contributed by atoms with E-state index in [0.717, 1.165) is 37.2 Å². The first-order valence-corrected chi connectivity index (χ1v) is 10.4. The molecule has 0 bridgehead atoms. The fraction of sp³-hybridized carbons (Fsp3) is 0.250. The van der Waals surface area contributed by atoms with Crippen molar-refractivity contribution in [1.82, 2.24) is 27.0 Å². The Morgan fingerprint density at radius 3 is 2.81 bits per heavy atom. The zero-order valence-electron chi connectivity index (χ0n) is 17.8. The maximum absolute atomic E-state index is 6.80. The lowest BCUT2D eigenvalue weighted by molar-refractivity contribution is 0.385. The summed E-state index contributed by atoms with van der Waals surface area (Å²) < 4.78 is 0. The number of hydrazine groups is 1. The Hall–Kier alpha value is -3.26. The summed E-state index contributed by atoms with van der Waals surface area (Å²) in [5, 5.41) is 0. The number of nitrogens with zero attached hydrogens (tertiary/aromatic N) is 3. The van der Waals surface area contributed by atoms with E-state index in [4.69, 9.17) is 10.7 Å². The van der Waals surface area contributed by atoms with Crippen LogP contribution in [-0.4, -0.2) is 16.5 Å². The molecule has 0 saturated heterocycles. The normalized spacial score (nSPS) is 19.8. The van der Waals surface area contributed by atoms with Gasteiger partial charge in [-0.1, -0.05) is 48.0 Å². The van der Waals surface area contributed by atoms with Gasteiger partial charge in [-0.3, -0.25) is 0 Å². The highest BCUT2D eigenvalue weighted by Gasteiger charge is 2.38. The quantitative estimate of drug-likeness (QED) is 0.516. The average molecular weight is 416 g/mol. The minimum Gasteiger partial charge on any atom is -0.344 e. The molecule has 7 heteroatoms. The molecule has 3 aromatic rings. The minimum absolute atomic E-state index is 0. The number of benzene rings is 2. The van der Waals surface area contributed by atoms with Crippen LogP contribution in [-0.2, 0) is 18.5 Å². The van der Waals surface area contributed by atoms with Gasteiger partial charge in [0.25, 0.3) is 0 Å². The molecule has 31 heavy (non-hydrogen) atoms. The zero-order valence-corrected chi connectivity index (χ0v) is 17.8. The molecule has 2 aliphatic heterocycles. The largest absolute Gasteiger partial charge is 0.344 e. The summed E-state index contributed by atoms with van der Waals surface area (Å²) in [6, 6.07) is 18.9. The van der Waals surface area contributed by atoms with Crippen LogP contribution in [0, 0.1) is 6.92 Å². The highest BCUT2D eigenvalue weighted by Crippen LogP contribution is 2.34. The summed E-state index contributed by atoms with van der Waals surface area (Å²) in [6.45, 7) is 3.07. The molecule has 0 saturated carbocycles. The monoisotopic (exact) mass is 415 g/mol. The third kappa shape index (κ3) is 3.90.